The molecule has 0 saturated carbocycles. The summed E-state index contributed by atoms with van der Waals surface area (Å²) in [6.45, 7) is 1.79. The van der Waals surface area contributed by atoms with Crippen LogP contribution < -0.4 is 4.74 Å². The van der Waals surface area contributed by atoms with Gasteiger partial charge in [0.2, 0.25) is 18.1 Å². The summed E-state index contributed by atoms with van der Waals surface area (Å²) in [6.07, 6.45) is 1.27. The Morgan fingerprint density at radius 2 is 1.88 bits per heavy atom. The lowest BCUT2D eigenvalue weighted by Crippen LogP contribution is -1.95. The second-order valence-electron chi connectivity index (χ2n) is 5.53. The molecule has 0 radical (unpaired) electrons. The number of nitrogens with zero attached hydrogens (tertiary/aromatic N) is 4. The van der Waals surface area contributed by atoms with Gasteiger partial charge in [0.15, 0.2) is 6.61 Å². The van der Waals surface area contributed by atoms with E-state index in [-0.39, 0.29) is 12.4 Å². The molecule has 2 aromatic heterocycles. The summed E-state index contributed by atoms with van der Waals surface area (Å²) in [5.74, 6) is 1.35. The van der Waals surface area contributed by atoms with Crippen molar-refractivity contribution in [2.24, 2.45) is 0 Å². The van der Waals surface area contributed by atoms with Gasteiger partial charge in [-0.15, -0.1) is 10.2 Å². The third-order valence-corrected chi connectivity index (χ3v) is 3.72. The minimum atomic E-state index is -0.313. The Labute approximate surface area is 147 Å². The molecule has 0 saturated heterocycles. The van der Waals surface area contributed by atoms with Crippen molar-refractivity contribution in [1.82, 2.24) is 20.3 Å². The second-order valence-corrected chi connectivity index (χ2v) is 5.53. The molecule has 130 valence electrons. The molecule has 0 fully saturated rings. The summed E-state index contributed by atoms with van der Waals surface area (Å²) in [5.41, 5.74) is 1.90. The standard InChI is InChI=1S/C18H13FN4O3/c1-11-2-3-13(8-15(11)19)17-21-16(26-23-17)9-24-14-6-4-12(5-7-14)18-22-20-10-25-18/h2-8,10H,9H2,1H3. The zero-order valence-electron chi connectivity index (χ0n) is 13.7. The van der Waals surface area contributed by atoms with E-state index in [0.29, 0.717) is 34.5 Å². The van der Waals surface area contributed by atoms with E-state index < -0.39 is 0 Å². The molecule has 8 heteroatoms. The molecule has 7 nitrogen and oxygen atoms in total. The van der Waals surface area contributed by atoms with Gasteiger partial charge in [-0.2, -0.15) is 4.98 Å². The molecule has 0 amide bonds. The maximum atomic E-state index is 13.6. The first-order valence-electron chi connectivity index (χ1n) is 7.77. The summed E-state index contributed by atoms with van der Waals surface area (Å²) in [6, 6.07) is 11.9. The zero-order chi connectivity index (χ0) is 17.9. The average Bonchev–Trinajstić information content (AvgIpc) is 3.35. The van der Waals surface area contributed by atoms with E-state index >= 15 is 0 Å². The Morgan fingerprint density at radius 3 is 2.62 bits per heavy atom. The van der Waals surface area contributed by atoms with Crippen molar-refractivity contribution in [3.63, 3.8) is 0 Å². The van der Waals surface area contributed by atoms with Gasteiger partial charge in [-0.3, -0.25) is 0 Å². The monoisotopic (exact) mass is 352 g/mol. The SMILES string of the molecule is Cc1ccc(-c2noc(COc3ccc(-c4nnco4)cc3)n2)cc1F. The van der Waals surface area contributed by atoms with E-state index in [2.05, 4.69) is 20.3 Å². The number of halogens is 1. The highest BCUT2D eigenvalue weighted by molar-refractivity contribution is 5.55. The molecule has 26 heavy (non-hydrogen) atoms. The molecule has 4 aromatic rings. The molecule has 0 aliphatic carbocycles. The van der Waals surface area contributed by atoms with Crippen LogP contribution in [0.15, 0.2) is 57.8 Å². The topological polar surface area (TPSA) is 87.1 Å². The number of benzene rings is 2. The van der Waals surface area contributed by atoms with E-state index in [9.17, 15) is 4.39 Å². The van der Waals surface area contributed by atoms with Gasteiger partial charge in [-0.05, 0) is 42.8 Å². The van der Waals surface area contributed by atoms with Crippen LogP contribution in [0.3, 0.4) is 0 Å². The molecule has 4 rings (SSSR count). The first-order chi connectivity index (χ1) is 12.7. The van der Waals surface area contributed by atoms with Crippen molar-refractivity contribution in [2.75, 3.05) is 0 Å². The highest BCUT2D eigenvalue weighted by atomic mass is 19.1. The van der Waals surface area contributed by atoms with Gasteiger partial charge < -0.3 is 13.7 Å². The van der Waals surface area contributed by atoms with Gasteiger partial charge in [-0.1, -0.05) is 17.3 Å². The van der Waals surface area contributed by atoms with E-state index in [1.54, 1.807) is 43.3 Å². The lowest BCUT2D eigenvalue weighted by Gasteiger charge is -2.03. The summed E-state index contributed by atoms with van der Waals surface area (Å²) in [7, 11) is 0. The fourth-order valence-corrected chi connectivity index (χ4v) is 2.30. The minimum Gasteiger partial charge on any atom is -0.484 e. The normalized spacial score (nSPS) is 10.8. The van der Waals surface area contributed by atoms with E-state index in [1.165, 1.54) is 12.5 Å². The van der Waals surface area contributed by atoms with Gasteiger partial charge in [0.1, 0.15) is 11.6 Å². The van der Waals surface area contributed by atoms with Crippen molar-refractivity contribution >= 4 is 0 Å². The average molecular weight is 352 g/mol. The lowest BCUT2D eigenvalue weighted by atomic mass is 10.1. The molecular weight excluding hydrogens is 339 g/mol. The first kappa shape index (κ1) is 15.9. The molecule has 0 atom stereocenters. The second kappa shape index (κ2) is 6.75. The van der Waals surface area contributed by atoms with Crippen molar-refractivity contribution in [3.05, 3.63) is 66.1 Å². The van der Waals surface area contributed by atoms with E-state index in [1.807, 2.05) is 0 Å². The van der Waals surface area contributed by atoms with Crippen LogP contribution in [0.25, 0.3) is 22.8 Å². The lowest BCUT2D eigenvalue weighted by molar-refractivity contribution is 0.243. The number of rotatable bonds is 5. The number of aromatic nitrogens is 4. The van der Waals surface area contributed by atoms with Crippen LogP contribution in [0.2, 0.25) is 0 Å². The predicted octanol–water partition coefficient (Wildman–Crippen LogP) is 3.81. The third-order valence-electron chi connectivity index (χ3n) is 3.72. The Kier molecular flexibility index (Phi) is 4.14. The minimum absolute atomic E-state index is 0.0985. The third kappa shape index (κ3) is 3.30. The predicted molar refractivity (Wildman–Crippen MR) is 88.5 cm³/mol. The molecule has 0 unspecified atom stereocenters. The number of hydrogen-bond acceptors (Lipinski definition) is 7. The highest BCUT2D eigenvalue weighted by Crippen LogP contribution is 2.22. The smallest absolute Gasteiger partial charge is 0.264 e. The summed E-state index contributed by atoms with van der Waals surface area (Å²) in [5, 5.41) is 11.3. The van der Waals surface area contributed by atoms with Crippen LogP contribution in [-0.4, -0.2) is 20.3 Å². The summed E-state index contributed by atoms with van der Waals surface area (Å²) < 4.78 is 29.5. The number of hydrogen-bond donors (Lipinski definition) is 0. The van der Waals surface area contributed by atoms with Crippen LogP contribution in [0, 0.1) is 12.7 Å². The van der Waals surface area contributed by atoms with E-state index in [4.69, 9.17) is 13.7 Å². The van der Waals surface area contributed by atoms with Crippen LogP contribution >= 0.6 is 0 Å². The van der Waals surface area contributed by atoms with Gasteiger partial charge in [0.25, 0.3) is 5.89 Å². The van der Waals surface area contributed by atoms with Gasteiger partial charge in [-0.25, -0.2) is 4.39 Å². The number of aryl methyl sites for hydroxylation is 1. The van der Waals surface area contributed by atoms with Crippen molar-refractivity contribution in [2.45, 2.75) is 13.5 Å². The largest absolute Gasteiger partial charge is 0.484 e. The maximum Gasteiger partial charge on any atom is 0.264 e. The van der Waals surface area contributed by atoms with Crippen molar-refractivity contribution < 1.29 is 18.1 Å². The molecular formula is C18H13FN4O3. The van der Waals surface area contributed by atoms with Crippen LogP contribution in [-0.2, 0) is 6.61 Å². The zero-order valence-corrected chi connectivity index (χ0v) is 13.7. The fraction of sp³-hybridized carbons (Fsp3) is 0.111. The molecule has 0 aliphatic rings. The summed E-state index contributed by atoms with van der Waals surface area (Å²) in [4.78, 5) is 4.22. The Bertz CT molecular complexity index is 1010. The van der Waals surface area contributed by atoms with Crippen LogP contribution in [0.4, 0.5) is 4.39 Å². The summed E-state index contributed by atoms with van der Waals surface area (Å²) >= 11 is 0. The quantitative estimate of drug-likeness (QED) is 0.539. The Morgan fingerprint density at radius 1 is 1.08 bits per heavy atom. The molecule has 0 aliphatic heterocycles. The maximum absolute atomic E-state index is 13.6. The van der Waals surface area contributed by atoms with E-state index in [0.717, 1.165) is 5.56 Å². The molecule has 2 heterocycles. The van der Waals surface area contributed by atoms with Gasteiger partial charge >= 0.3 is 0 Å². The van der Waals surface area contributed by atoms with Crippen LogP contribution in [0.5, 0.6) is 5.75 Å². The molecule has 0 spiro atoms. The van der Waals surface area contributed by atoms with Crippen LogP contribution in [0.1, 0.15) is 11.5 Å². The van der Waals surface area contributed by atoms with Crippen molar-refractivity contribution in [3.8, 4) is 28.6 Å². The van der Waals surface area contributed by atoms with Crippen molar-refractivity contribution in [1.29, 1.82) is 0 Å². The van der Waals surface area contributed by atoms with Gasteiger partial charge in [0.05, 0.1) is 0 Å². The fourth-order valence-electron chi connectivity index (χ4n) is 2.30. The Balaban J connectivity index is 1.42. The highest BCUT2D eigenvalue weighted by Gasteiger charge is 2.11. The molecule has 0 bridgehead atoms. The Hall–Kier alpha value is -3.55. The van der Waals surface area contributed by atoms with Gasteiger partial charge in [0, 0.05) is 11.1 Å². The molecule has 2 aromatic carbocycles. The molecule has 0 N–H and O–H groups in total. The number of ether oxygens (including phenoxy) is 1. The first-order valence-corrected chi connectivity index (χ1v) is 7.77.